The van der Waals surface area contributed by atoms with Gasteiger partial charge in [-0.15, -0.1) is 0 Å². The normalized spacial score (nSPS) is 10.5. The average molecular weight is 238 g/mol. The van der Waals surface area contributed by atoms with Crippen molar-refractivity contribution in [3.8, 4) is 0 Å². The van der Waals surface area contributed by atoms with E-state index in [0.717, 1.165) is 12.8 Å². The summed E-state index contributed by atoms with van der Waals surface area (Å²) < 4.78 is 0. The molecule has 17 heavy (non-hydrogen) atoms. The second kappa shape index (κ2) is 6.03. The number of nitrogens with two attached hydrogens (primary N) is 1. The van der Waals surface area contributed by atoms with Crippen LogP contribution in [-0.2, 0) is 0 Å². The van der Waals surface area contributed by atoms with Crippen molar-refractivity contribution in [2.24, 2.45) is 5.92 Å². The number of anilines is 2. The van der Waals surface area contributed by atoms with Gasteiger partial charge in [0.05, 0.1) is 4.92 Å². The monoisotopic (exact) mass is 238 g/mol. The van der Waals surface area contributed by atoms with E-state index in [0.29, 0.717) is 12.5 Å². The van der Waals surface area contributed by atoms with Gasteiger partial charge in [0.15, 0.2) is 0 Å². The van der Waals surface area contributed by atoms with Crippen molar-refractivity contribution < 1.29 is 4.92 Å². The Morgan fingerprint density at radius 3 is 2.65 bits per heavy atom. The number of nitrogens with one attached hydrogen (secondary N) is 1. The Balaban J connectivity index is 2.81. The van der Waals surface area contributed by atoms with Gasteiger partial charge in [0.25, 0.3) is 0 Å². The third-order valence-corrected chi connectivity index (χ3v) is 2.81. The minimum atomic E-state index is -0.457. The number of nitro groups is 1. The van der Waals surface area contributed by atoms with E-state index in [1.807, 2.05) is 0 Å². The van der Waals surface area contributed by atoms with Gasteiger partial charge in [-0.05, 0) is 12.0 Å². The number of nitrogens with zero attached hydrogens (tertiary/aromatic N) is 2. The summed E-state index contributed by atoms with van der Waals surface area (Å²) in [6.45, 7) is 4.86. The van der Waals surface area contributed by atoms with Crippen molar-refractivity contribution in [3.63, 3.8) is 0 Å². The van der Waals surface area contributed by atoms with Gasteiger partial charge < -0.3 is 11.1 Å². The summed E-state index contributed by atoms with van der Waals surface area (Å²) in [7, 11) is 0. The Morgan fingerprint density at radius 1 is 1.47 bits per heavy atom. The Bertz CT molecular complexity index is 391. The average Bonchev–Trinajstić information content (AvgIpc) is 2.30. The van der Waals surface area contributed by atoms with Crippen molar-refractivity contribution in [3.05, 3.63) is 22.2 Å². The van der Waals surface area contributed by atoms with Gasteiger partial charge in [0, 0.05) is 12.6 Å². The quantitative estimate of drug-likeness (QED) is 0.586. The van der Waals surface area contributed by atoms with E-state index < -0.39 is 4.92 Å². The molecule has 1 heterocycles. The Kier molecular flexibility index (Phi) is 4.68. The molecule has 6 nitrogen and oxygen atoms in total. The zero-order valence-corrected chi connectivity index (χ0v) is 10.1. The summed E-state index contributed by atoms with van der Waals surface area (Å²) in [6.07, 6.45) is 2.05. The lowest BCUT2D eigenvalue weighted by molar-refractivity contribution is -0.384. The molecule has 0 amide bonds. The molecule has 1 rings (SSSR count). The molecule has 6 heteroatoms. The molecule has 0 aliphatic heterocycles. The molecule has 0 aromatic carbocycles. The Labute approximate surface area is 100 Å². The summed E-state index contributed by atoms with van der Waals surface area (Å²) in [5.74, 6) is 1.02. The molecule has 0 saturated carbocycles. The lowest BCUT2D eigenvalue weighted by Gasteiger charge is -2.13. The Morgan fingerprint density at radius 2 is 2.12 bits per heavy atom. The molecule has 3 N–H and O–H groups in total. The zero-order chi connectivity index (χ0) is 12.8. The van der Waals surface area contributed by atoms with Crippen LogP contribution < -0.4 is 11.1 Å². The summed E-state index contributed by atoms with van der Waals surface area (Å²) in [4.78, 5) is 14.3. The lowest BCUT2D eigenvalue weighted by atomic mass is 10.0. The van der Waals surface area contributed by atoms with Crippen molar-refractivity contribution in [2.75, 3.05) is 17.6 Å². The summed E-state index contributed by atoms with van der Waals surface area (Å²) >= 11 is 0. The fraction of sp³-hybridized carbons (Fsp3) is 0.545. The minimum absolute atomic E-state index is 0.0369. The first-order chi connectivity index (χ1) is 8.08. The van der Waals surface area contributed by atoms with E-state index in [1.165, 1.54) is 12.1 Å². The number of pyridine rings is 1. The first kappa shape index (κ1) is 13.2. The van der Waals surface area contributed by atoms with Gasteiger partial charge in [-0.25, -0.2) is 4.98 Å². The highest BCUT2D eigenvalue weighted by molar-refractivity contribution is 5.59. The van der Waals surface area contributed by atoms with Crippen molar-refractivity contribution in [1.29, 1.82) is 0 Å². The second-order valence-corrected chi connectivity index (χ2v) is 3.92. The number of hydrogen-bond acceptors (Lipinski definition) is 5. The predicted molar refractivity (Wildman–Crippen MR) is 67.9 cm³/mol. The fourth-order valence-corrected chi connectivity index (χ4v) is 1.56. The van der Waals surface area contributed by atoms with Gasteiger partial charge in [-0.2, -0.15) is 0 Å². The van der Waals surface area contributed by atoms with Crippen molar-refractivity contribution in [2.45, 2.75) is 26.7 Å². The zero-order valence-electron chi connectivity index (χ0n) is 10.1. The predicted octanol–water partition coefficient (Wildman–Crippen LogP) is 2.42. The van der Waals surface area contributed by atoms with Crippen LogP contribution in [0.1, 0.15) is 26.7 Å². The van der Waals surface area contributed by atoms with E-state index in [4.69, 9.17) is 5.73 Å². The highest BCUT2D eigenvalue weighted by Crippen LogP contribution is 2.23. The summed E-state index contributed by atoms with van der Waals surface area (Å²) in [5, 5.41) is 13.8. The highest BCUT2D eigenvalue weighted by Gasteiger charge is 2.16. The molecule has 0 radical (unpaired) electrons. The highest BCUT2D eigenvalue weighted by atomic mass is 16.6. The van der Waals surface area contributed by atoms with Crippen molar-refractivity contribution in [1.82, 2.24) is 4.98 Å². The third-order valence-electron chi connectivity index (χ3n) is 2.81. The van der Waals surface area contributed by atoms with Crippen LogP contribution in [0.25, 0.3) is 0 Å². The third kappa shape index (κ3) is 3.58. The molecule has 0 fully saturated rings. The van der Waals surface area contributed by atoms with Gasteiger partial charge in [0.1, 0.15) is 5.82 Å². The SMILES string of the molecule is CCC(CC)CNc1nc(N)ccc1[N+](=O)[O-]. The number of rotatable bonds is 6. The molecule has 0 aliphatic rings. The topological polar surface area (TPSA) is 94.1 Å². The second-order valence-electron chi connectivity index (χ2n) is 3.92. The molecule has 0 bridgehead atoms. The van der Waals surface area contributed by atoms with Gasteiger partial charge in [-0.1, -0.05) is 26.7 Å². The van der Waals surface area contributed by atoms with Crippen LogP contribution in [-0.4, -0.2) is 16.5 Å². The van der Waals surface area contributed by atoms with E-state index >= 15 is 0 Å². The van der Waals surface area contributed by atoms with Crippen LogP contribution in [0.2, 0.25) is 0 Å². The molecular formula is C11H18N4O2. The number of hydrogen-bond donors (Lipinski definition) is 2. The van der Waals surface area contributed by atoms with Gasteiger partial charge >= 0.3 is 5.69 Å². The standard InChI is InChI=1S/C11H18N4O2/c1-3-8(4-2)7-13-11-9(15(16)17)5-6-10(12)14-11/h5-6,8H,3-4,7H2,1-2H3,(H3,12,13,14). The van der Waals surface area contributed by atoms with E-state index in [-0.39, 0.29) is 17.3 Å². The minimum Gasteiger partial charge on any atom is -0.384 e. The van der Waals surface area contributed by atoms with Gasteiger partial charge in [0.2, 0.25) is 5.82 Å². The number of aromatic nitrogens is 1. The molecule has 0 unspecified atom stereocenters. The number of nitrogen functional groups attached to an aromatic ring is 1. The first-order valence-electron chi connectivity index (χ1n) is 5.73. The molecule has 94 valence electrons. The maximum atomic E-state index is 10.8. The smallest absolute Gasteiger partial charge is 0.311 e. The molecule has 0 atom stereocenters. The maximum absolute atomic E-state index is 10.8. The van der Waals surface area contributed by atoms with Crippen LogP contribution in [0, 0.1) is 16.0 Å². The lowest BCUT2D eigenvalue weighted by Crippen LogP contribution is -2.15. The van der Waals surface area contributed by atoms with Crippen LogP contribution >= 0.6 is 0 Å². The molecule has 1 aromatic rings. The van der Waals surface area contributed by atoms with Gasteiger partial charge in [-0.3, -0.25) is 10.1 Å². The van der Waals surface area contributed by atoms with Crippen LogP contribution in [0.15, 0.2) is 12.1 Å². The molecule has 0 aliphatic carbocycles. The molecular weight excluding hydrogens is 220 g/mol. The Hall–Kier alpha value is -1.85. The van der Waals surface area contributed by atoms with Crippen LogP contribution in [0.4, 0.5) is 17.3 Å². The summed E-state index contributed by atoms with van der Waals surface area (Å²) in [5.41, 5.74) is 5.49. The molecule has 0 saturated heterocycles. The molecule has 1 aromatic heterocycles. The van der Waals surface area contributed by atoms with Crippen LogP contribution in [0.5, 0.6) is 0 Å². The van der Waals surface area contributed by atoms with E-state index in [1.54, 1.807) is 0 Å². The van der Waals surface area contributed by atoms with Crippen molar-refractivity contribution >= 4 is 17.3 Å². The molecule has 0 spiro atoms. The van der Waals surface area contributed by atoms with E-state index in [9.17, 15) is 10.1 Å². The van der Waals surface area contributed by atoms with E-state index in [2.05, 4.69) is 24.1 Å². The van der Waals surface area contributed by atoms with Crippen LogP contribution in [0.3, 0.4) is 0 Å². The summed E-state index contributed by atoms with van der Waals surface area (Å²) in [6, 6.07) is 2.80. The fourth-order valence-electron chi connectivity index (χ4n) is 1.56. The first-order valence-corrected chi connectivity index (χ1v) is 5.73. The maximum Gasteiger partial charge on any atom is 0.311 e. The largest absolute Gasteiger partial charge is 0.384 e.